The molecule has 2 heterocycles. The number of fused-ring (bicyclic) bond motifs is 1. The van der Waals surface area contributed by atoms with Crippen molar-refractivity contribution in [1.29, 1.82) is 0 Å². The van der Waals surface area contributed by atoms with E-state index in [9.17, 15) is 14.4 Å². The third-order valence-electron chi connectivity index (χ3n) is 4.54. The fraction of sp³-hybridized carbons (Fsp3) is 0.588. The van der Waals surface area contributed by atoms with Crippen molar-refractivity contribution in [2.75, 3.05) is 25.0 Å². The van der Waals surface area contributed by atoms with Gasteiger partial charge in [0.1, 0.15) is 5.00 Å². The molecule has 0 radical (unpaired) electrons. The molecule has 1 aromatic heterocycles. The van der Waals surface area contributed by atoms with Crippen molar-refractivity contribution >= 4 is 34.1 Å². The number of aryl methyl sites for hydroxylation is 1. The maximum atomic E-state index is 12.4. The Hall–Kier alpha value is -1.93. The summed E-state index contributed by atoms with van der Waals surface area (Å²) in [4.78, 5) is 37.8. The molecule has 7 nitrogen and oxygen atoms in total. The van der Waals surface area contributed by atoms with Crippen LogP contribution in [0.25, 0.3) is 0 Å². The van der Waals surface area contributed by atoms with Gasteiger partial charge >= 0.3 is 5.97 Å². The van der Waals surface area contributed by atoms with Gasteiger partial charge < -0.3 is 20.7 Å². The molecule has 0 aromatic carbocycles. The number of ether oxygens (including phenoxy) is 1. The van der Waals surface area contributed by atoms with Crippen LogP contribution in [0.15, 0.2) is 0 Å². The third kappa shape index (κ3) is 4.01. The van der Waals surface area contributed by atoms with Gasteiger partial charge in [-0.3, -0.25) is 9.59 Å². The molecule has 0 unspecified atom stereocenters. The molecular weight excluding hydrogens is 342 g/mol. The Morgan fingerprint density at radius 2 is 2.16 bits per heavy atom. The van der Waals surface area contributed by atoms with Crippen molar-refractivity contribution in [3.05, 3.63) is 16.0 Å². The van der Waals surface area contributed by atoms with Crippen LogP contribution in [0.5, 0.6) is 0 Å². The molecule has 1 saturated heterocycles. The molecule has 0 saturated carbocycles. The van der Waals surface area contributed by atoms with E-state index in [1.165, 1.54) is 11.3 Å². The van der Waals surface area contributed by atoms with Crippen LogP contribution in [0.1, 0.15) is 47.0 Å². The number of rotatable bonds is 5. The average molecular weight is 366 g/mol. The SMILES string of the molecule is CCOC(=O)c1c(NC(=O)C[C@@H]2[NH2+]CCNC2=O)sc2c1CCCC2. The number of nitrogens with one attached hydrogen (secondary N) is 2. The lowest BCUT2D eigenvalue weighted by Crippen LogP contribution is -2.96. The molecule has 1 aromatic rings. The van der Waals surface area contributed by atoms with Gasteiger partial charge in [-0.15, -0.1) is 11.3 Å². The maximum Gasteiger partial charge on any atom is 0.341 e. The van der Waals surface area contributed by atoms with E-state index in [4.69, 9.17) is 4.74 Å². The van der Waals surface area contributed by atoms with Gasteiger partial charge in [0, 0.05) is 4.88 Å². The molecule has 1 fully saturated rings. The second-order valence-electron chi connectivity index (χ2n) is 6.31. The van der Waals surface area contributed by atoms with E-state index >= 15 is 0 Å². The summed E-state index contributed by atoms with van der Waals surface area (Å²) >= 11 is 1.46. The topological polar surface area (TPSA) is 101 Å². The number of thiophene rings is 1. The number of hydrogen-bond donors (Lipinski definition) is 3. The molecule has 1 aliphatic heterocycles. The summed E-state index contributed by atoms with van der Waals surface area (Å²) in [5.41, 5.74) is 1.53. The normalized spacial score (nSPS) is 19.7. The summed E-state index contributed by atoms with van der Waals surface area (Å²) in [5.74, 6) is -0.737. The largest absolute Gasteiger partial charge is 0.462 e. The van der Waals surface area contributed by atoms with Crippen LogP contribution in [-0.4, -0.2) is 43.5 Å². The predicted molar refractivity (Wildman–Crippen MR) is 93.8 cm³/mol. The van der Waals surface area contributed by atoms with Gasteiger partial charge in [0.15, 0.2) is 6.04 Å². The van der Waals surface area contributed by atoms with Gasteiger partial charge in [-0.1, -0.05) is 0 Å². The fourth-order valence-corrected chi connectivity index (χ4v) is 4.64. The number of esters is 1. The molecule has 136 valence electrons. The lowest BCUT2D eigenvalue weighted by Gasteiger charge is -2.19. The summed E-state index contributed by atoms with van der Waals surface area (Å²) < 4.78 is 5.19. The molecule has 0 bridgehead atoms. The smallest absolute Gasteiger partial charge is 0.341 e. The van der Waals surface area contributed by atoms with E-state index in [0.717, 1.165) is 42.7 Å². The number of anilines is 1. The first-order valence-electron chi connectivity index (χ1n) is 8.82. The number of piperazine rings is 1. The summed E-state index contributed by atoms with van der Waals surface area (Å²) in [6, 6.07) is -0.408. The van der Waals surface area contributed by atoms with E-state index in [2.05, 4.69) is 10.6 Å². The number of hydrogen-bond acceptors (Lipinski definition) is 5. The zero-order valence-electron chi connectivity index (χ0n) is 14.4. The van der Waals surface area contributed by atoms with Crippen molar-refractivity contribution in [3.63, 3.8) is 0 Å². The van der Waals surface area contributed by atoms with E-state index in [1.807, 2.05) is 5.32 Å². The molecule has 0 spiro atoms. The second-order valence-corrected chi connectivity index (χ2v) is 7.41. The Labute approximate surface area is 150 Å². The maximum absolute atomic E-state index is 12.4. The first kappa shape index (κ1) is 17.9. The molecule has 2 amide bonds. The Morgan fingerprint density at radius 1 is 1.36 bits per heavy atom. The Morgan fingerprint density at radius 3 is 2.92 bits per heavy atom. The van der Waals surface area contributed by atoms with Crippen LogP contribution < -0.4 is 16.0 Å². The van der Waals surface area contributed by atoms with E-state index < -0.39 is 6.04 Å². The van der Waals surface area contributed by atoms with Gasteiger partial charge in [-0.05, 0) is 38.2 Å². The van der Waals surface area contributed by atoms with E-state index in [0.29, 0.717) is 23.7 Å². The van der Waals surface area contributed by atoms with Crippen LogP contribution in [0.3, 0.4) is 0 Å². The minimum atomic E-state index is -0.408. The molecule has 25 heavy (non-hydrogen) atoms. The fourth-order valence-electron chi connectivity index (χ4n) is 3.34. The van der Waals surface area contributed by atoms with Crippen LogP contribution in [0, 0.1) is 0 Å². The summed E-state index contributed by atoms with van der Waals surface area (Å²) in [7, 11) is 0. The van der Waals surface area contributed by atoms with E-state index in [1.54, 1.807) is 6.92 Å². The van der Waals surface area contributed by atoms with Gasteiger partial charge in [0.2, 0.25) is 5.91 Å². The van der Waals surface area contributed by atoms with E-state index in [-0.39, 0.29) is 24.2 Å². The lowest BCUT2D eigenvalue weighted by atomic mass is 9.95. The summed E-state index contributed by atoms with van der Waals surface area (Å²) in [6.07, 6.45) is 4.01. The molecule has 8 heteroatoms. The Balaban J connectivity index is 1.76. The van der Waals surface area contributed by atoms with Crippen molar-refractivity contribution < 1.29 is 24.4 Å². The lowest BCUT2D eigenvalue weighted by molar-refractivity contribution is -0.678. The van der Waals surface area contributed by atoms with Crippen LogP contribution in [0.2, 0.25) is 0 Å². The highest BCUT2D eigenvalue weighted by Crippen LogP contribution is 2.38. The number of amides is 2. The molecular formula is C17H24N3O4S+. The third-order valence-corrected chi connectivity index (χ3v) is 5.75. The molecule has 1 aliphatic carbocycles. The van der Waals surface area contributed by atoms with Gasteiger partial charge in [-0.2, -0.15) is 0 Å². The number of carbonyl (C=O) groups excluding carboxylic acids is 3. The van der Waals surface area contributed by atoms with Gasteiger partial charge in [0.05, 0.1) is 31.7 Å². The quantitative estimate of drug-likeness (QED) is 0.648. The van der Waals surface area contributed by atoms with Crippen molar-refractivity contribution in [3.8, 4) is 0 Å². The monoisotopic (exact) mass is 366 g/mol. The standard InChI is InChI=1S/C17H23N3O4S/c1-2-24-17(23)14-10-5-3-4-6-12(10)25-16(14)20-13(21)9-11-15(22)19-8-7-18-11/h11,18H,2-9H2,1H3,(H,19,22)(H,20,21)/p+1/t11-/m0/s1. The molecule has 3 rings (SSSR count). The highest BCUT2D eigenvalue weighted by atomic mass is 32.1. The highest BCUT2D eigenvalue weighted by Gasteiger charge is 2.30. The molecule has 4 N–H and O–H groups in total. The minimum Gasteiger partial charge on any atom is -0.462 e. The minimum absolute atomic E-state index is 0.0939. The van der Waals surface area contributed by atoms with Crippen molar-refractivity contribution in [2.45, 2.75) is 45.1 Å². The summed E-state index contributed by atoms with van der Waals surface area (Å²) in [5, 5.41) is 8.06. The van der Waals surface area contributed by atoms with Crippen LogP contribution in [0.4, 0.5) is 5.00 Å². The highest BCUT2D eigenvalue weighted by molar-refractivity contribution is 7.17. The Bertz CT molecular complexity index is 686. The van der Waals surface area contributed by atoms with Crippen molar-refractivity contribution in [2.24, 2.45) is 0 Å². The zero-order chi connectivity index (χ0) is 17.8. The zero-order valence-corrected chi connectivity index (χ0v) is 15.2. The van der Waals surface area contributed by atoms with Gasteiger partial charge in [-0.25, -0.2) is 4.79 Å². The molecule has 2 aliphatic rings. The van der Waals surface area contributed by atoms with Gasteiger partial charge in [0.25, 0.3) is 5.91 Å². The van der Waals surface area contributed by atoms with Crippen LogP contribution in [-0.2, 0) is 27.2 Å². The number of carbonyl (C=O) groups is 3. The summed E-state index contributed by atoms with van der Waals surface area (Å²) in [6.45, 7) is 3.47. The predicted octanol–water partition coefficient (Wildman–Crippen LogP) is 0.194. The molecule has 1 atom stereocenters. The number of quaternary nitrogens is 1. The first-order valence-corrected chi connectivity index (χ1v) is 9.64. The number of nitrogens with two attached hydrogens (primary N) is 1. The second kappa shape index (κ2) is 7.97. The first-order chi connectivity index (χ1) is 12.1. The Kier molecular flexibility index (Phi) is 5.70. The average Bonchev–Trinajstić information content (AvgIpc) is 2.95. The van der Waals surface area contributed by atoms with Crippen LogP contribution >= 0.6 is 11.3 Å². The van der Waals surface area contributed by atoms with Crippen molar-refractivity contribution in [1.82, 2.24) is 5.32 Å².